The minimum atomic E-state index is -0.291. The van der Waals surface area contributed by atoms with Crippen LogP contribution < -0.4 is 0 Å². The first-order chi connectivity index (χ1) is 9.36. The van der Waals surface area contributed by atoms with Gasteiger partial charge >= 0.3 is 7.12 Å². The van der Waals surface area contributed by atoms with Crippen molar-refractivity contribution in [3.63, 3.8) is 0 Å². The topological polar surface area (TPSA) is 27.7 Å². The monoisotopic (exact) mass is 276 g/mol. The molecule has 0 spiro atoms. The summed E-state index contributed by atoms with van der Waals surface area (Å²) in [6.45, 7) is 8.96. The molecule has 1 aliphatic heterocycles. The van der Waals surface area contributed by atoms with E-state index in [9.17, 15) is 0 Å². The number of hydrogen-bond acceptors (Lipinski definition) is 3. The molecular weight excluding hydrogens is 251 g/mol. The summed E-state index contributed by atoms with van der Waals surface area (Å²) >= 11 is 0. The minimum Gasteiger partial charge on any atom is -0.403 e. The third-order valence-electron chi connectivity index (χ3n) is 4.38. The molecule has 0 aromatic heterocycles. The number of hydrogen-bond donors (Lipinski definition) is 0. The summed E-state index contributed by atoms with van der Waals surface area (Å²) in [7, 11) is 1.50. The van der Waals surface area contributed by atoms with Gasteiger partial charge in [-0.2, -0.15) is 0 Å². The molecule has 1 saturated heterocycles. The second-order valence-corrected chi connectivity index (χ2v) is 6.53. The van der Waals surface area contributed by atoms with Crippen LogP contribution in [0.2, 0.25) is 5.82 Å². The van der Waals surface area contributed by atoms with Crippen LogP contribution >= 0.6 is 0 Å². The Morgan fingerprint density at radius 2 is 1.60 bits per heavy atom. The third-order valence-corrected chi connectivity index (χ3v) is 4.38. The maximum atomic E-state index is 6.15. The van der Waals surface area contributed by atoms with Gasteiger partial charge in [0.25, 0.3) is 0 Å². The van der Waals surface area contributed by atoms with Gasteiger partial charge in [0, 0.05) is 19.5 Å². The van der Waals surface area contributed by atoms with Gasteiger partial charge in [0.05, 0.1) is 11.2 Å². The van der Waals surface area contributed by atoms with Crippen molar-refractivity contribution < 1.29 is 14.0 Å². The van der Waals surface area contributed by atoms with Gasteiger partial charge in [0.15, 0.2) is 0 Å². The third kappa shape index (κ3) is 3.25. The number of methoxy groups -OCH3 is 1. The lowest BCUT2D eigenvalue weighted by Gasteiger charge is -2.32. The number of benzene rings is 1. The van der Waals surface area contributed by atoms with Gasteiger partial charge < -0.3 is 14.0 Å². The highest BCUT2D eigenvalue weighted by molar-refractivity contribution is 6.47. The van der Waals surface area contributed by atoms with E-state index in [2.05, 4.69) is 52.0 Å². The molecule has 1 aliphatic rings. The van der Waals surface area contributed by atoms with E-state index in [1.54, 1.807) is 7.11 Å². The second kappa shape index (κ2) is 5.88. The second-order valence-electron chi connectivity index (χ2n) is 6.53. The molecule has 20 heavy (non-hydrogen) atoms. The van der Waals surface area contributed by atoms with E-state index in [1.165, 1.54) is 5.56 Å². The highest BCUT2D eigenvalue weighted by Crippen LogP contribution is 2.40. The molecule has 0 bridgehead atoms. The normalized spacial score (nSPS) is 21.9. The molecule has 110 valence electrons. The van der Waals surface area contributed by atoms with Crippen LogP contribution in [-0.4, -0.2) is 32.0 Å². The SMILES string of the molecule is COCC(Cc1ccccc1)B1OC(C)(C)C(C)(C)O1. The van der Waals surface area contributed by atoms with E-state index in [-0.39, 0.29) is 24.1 Å². The lowest BCUT2D eigenvalue weighted by atomic mass is 9.69. The molecule has 1 unspecified atom stereocenters. The zero-order valence-corrected chi connectivity index (χ0v) is 13.2. The lowest BCUT2D eigenvalue weighted by molar-refractivity contribution is 0.00578. The molecular formula is C16H25BO3. The van der Waals surface area contributed by atoms with Gasteiger partial charge in [-0.25, -0.2) is 0 Å². The standard InChI is InChI=1S/C16H25BO3/c1-15(2)16(3,4)20-17(19-15)14(12-18-5)11-13-9-7-6-8-10-13/h6-10,14H,11-12H2,1-5H3. The molecule has 0 N–H and O–H groups in total. The van der Waals surface area contributed by atoms with Gasteiger partial charge in [-0.1, -0.05) is 30.3 Å². The fraction of sp³-hybridized carbons (Fsp3) is 0.625. The van der Waals surface area contributed by atoms with Crippen LogP contribution in [0.15, 0.2) is 30.3 Å². The molecule has 3 nitrogen and oxygen atoms in total. The van der Waals surface area contributed by atoms with Crippen molar-refractivity contribution in [1.29, 1.82) is 0 Å². The minimum absolute atomic E-state index is 0.198. The molecule has 0 radical (unpaired) electrons. The Bertz CT molecular complexity index is 415. The van der Waals surface area contributed by atoms with Crippen LogP contribution in [0.1, 0.15) is 33.3 Å². The van der Waals surface area contributed by atoms with E-state index >= 15 is 0 Å². The highest BCUT2D eigenvalue weighted by atomic mass is 16.7. The summed E-state index contributed by atoms with van der Waals surface area (Å²) in [6.07, 6.45) is 0.894. The summed E-state index contributed by atoms with van der Waals surface area (Å²) in [5.74, 6) is 0.198. The van der Waals surface area contributed by atoms with Gasteiger partial charge in [-0.05, 0) is 39.7 Å². The van der Waals surface area contributed by atoms with Crippen molar-refractivity contribution >= 4 is 7.12 Å². The number of ether oxygens (including phenoxy) is 1. The van der Waals surface area contributed by atoms with Gasteiger partial charge in [-0.3, -0.25) is 0 Å². The smallest absolute Gasteiger partial charge is 0.403 e. The highest BCUT2D eigenvalue weighted by Gasteiger charge is 2.53. The lowest BCUT2D eigenvalue weighted by Crippen LogP contribution is -2.41. The van der Waals surface area contributed by atoms with Crippen LogP contribution in [0.25, 0.3) is 0 Å². The van der Waals surface area contributed by atoms with Crippen molar-refractivity contribution in [2.75, 3.05) is 13.7 Å². The molecule has 1 heterocycles. The molecule has 0 saturated carbocycles. The fourth-order valence-electron chi connectivity index (χ4n) is 2.45. The van der Waals surface area contributed by atoms with E-state index in [4.69, 9.17) is 14.0 Å². The zero-order valence-electron chi connectivity index (χ0n) is 13.2. The largest absolute Gasteiger partial charge is 0.463 e. The van der Waals surface area contributed by atoms with Crippen LogP contribution in [0.5, 0.6) is 0 Å². The van der Waals surface area contributed by atoms with Gasteiger partial charge in [0.1, 0.15) is 0 Å². The van der Waals surface area contributed by atoms with Crippen molar-refractivity contribution in [3.05, 3.63) is 35.9 Å². The Kier molecular flexibility index (Phi) is 4.57. The molecule has 1 fully saturated rings. The van der Waals surface area contributed by atoms with Crippen molar-refractivity contribution in [1.82, 2.24) is 0 Å². The summed E-state index contributed by atoms with van der Waals surface area (Å²) in [6, 6.07) is 10.4. The predicted molar refractivity (Wildman–Crippen MR) is 81.9 cm³/mol. The molecule has 1 atom stereocenters. The van der Waals surface area contributed by atoms with Crippen LogP contribution in [0, 0.1) is 0 Å². The van der Waals surface area contributed by atoms with Crippen LogP contribution in [-0.2, 0) is 20.5 Å². The maximum Gasteiger partial charge on any atom is 0.463 e. The summed E-state index contributed by atoms with van der Waals surface area (Å²) in [4.78, 5) is 0. The maximum absolute atomic E-state index is 6.15. The van der Waals surface area contributed by atoms with Crippen LogP contribution in [0.3, 0.4) is 0 Å². The molecule has 2 rings (SSSR count). The molecule has 1 aromatic rings. The Morgan fingerprint density at radius 1 is 1.05 bits per heavy atom. The van der Waals surface area contributed by atoms with Gasteiger partial charge in [-0.15, -0.1) is 0 Å². The summed E-state index contributed by atoms with van der Waals surface area (Å²) in [5, 5.41) is 0. The average molecular weight is 276 g/mol. The summed E-state index contributed by atoms with van der Waals surface area (Å²) in [5.41, 5.74) is 0.699. The molecule has 0 aliphatic carbocycles. The molecule has 4 heteroatoms. The van der Waals surface area contributed by atoms with Gasteiger partial charge in [0.2, 0.25) is 0 Å². The van der Waals surface area contributed by atoms with E-state index in [1.807, 2.05) is 6.07 Å². The first-order valence-electron chi connectivity index (χ1n) is 7.24. The summed E-state index contributed by atoms with van der Waals surface area (Å²) < 4.78 is 17.7. The zero-order chi connectivity index (χ0) is 14.8. The molecule has 1 aromatic carbocycles. The first kappa shape index (κ1) is 15.6. The molecule has 0 amide bonds. The average Bonchev–Trinajstić information content (AvgIpc) is 2.59. The first-order valence-corrected chi connectivity index (χ1v) is 7.24. The Morgan fingerprint density at radius 3 is 2.10 bits per heavy atom. The Balaban J connectivity index is 2.10. The van der Waals surface area contributed by atoms with Crippen molar-refractivity contribution in [3.8, 4) is 0 Å². The quantitative estimate of drug-likeness (QED) is 0.772. The Hall–Kier alpha value is -0.835. The predicted octanol–water partition coefficient (Wildman–Crippen LogP) is 3.34. The van der Waals surface area contributed by atoms with Crippen molar-refractivity contribution in [2.24, 2.45) is 0 Å². The van der Waals surface area contributed by atoms with E-state index < -0.39 is 0 Å². The van der Waals surface area contributed by atoms with Crippen LogP contribution in [0.4, 0.5) is 0 Å². The fourth-order valence-corrected chi connectivity index (χ4v) is 2.45. The van der Waals surface area contributed by atoms with E-state index in [0.717, 1.165) is 6.42 Å². The van der Waals surface area contributed by atoms with E-state index in [0.29, 0.717) is 6.61 Å². The van der Waals surface area contributed by atoms with Crippen molar-refractivity contribution in [2.45, 2.75) is 51.1 Å². The number of rotatable bonds is 5. The Labute approximate surface area is 122 Å².